The highest BCUT2D eigenvalue weighted by atomic mass is 32.2. The number of aromatic nitrogens is 2. The Kier molecular flexibility index (Phi) is 5.48. The van der Waals surface area contributed by atoms with Crippen LogP contribution in [0.1, 0.15) is 28.0 Å². The van der Waals surface area contributed by atoms with Crippen LogP contribution in [0.4, 0.5) is 0 Å². The van der Waals surface area contributed by atoms with E-state index in [0.29, 0.717) is 17.3 Å². The molecule has 0 bridgehead atoms. The minimum atomic E-state index is -3.54. The van der Waals surface area contributed by atoms with E-state index in [4.69, 9.17) is 4.42 Å². The van der Waals surface area contributed by atoms with E-state index in [9.17, 15) is 8.42 Å². The fourth-order valence-electron chi connectivity index (χ4n) is 2.49. The zero-order valence-electron chi connectivity index (χ0n) is 14.6. The van der Waals surface area contributed by atoms with Gasteiger partial charge in [0.15, 0.2) is 0 Å². The first-order valence-electron chi connectivity index (χ1n) is 7.91. The monoisotopic (exact) mass is 399 g/mol. The van der Waals surface area contributed by atoms with E-state index in [-0.39, 0.29) is 9.48 Å². The quantitative estimate of drug-likeness (QED) is 0.779. The number of thioether (sulfide) groups is 2. The van der Waals surface area contributed by atoms with E-state index < -0.39 is 10.0 Å². The van der Waals surface area contributed by atoms with Gasteiger partial charge in [0.05, 0.1) is 4.90 Å². The number of aryl methyl sites for hydroxylation is 1. The lowest BCUT2D eigenvalue weighted by atomic mass is 10.1. The van der Waals surface area contributed by atoms with Crippen LogP contribution in [0.5, 0.6) is 0 Å². The van der Waals surface area contributed by atoms with E-state index in [1.807, 2.05) is 19.9 Å². The molecule has 1 aromatic carbocycles. The molecular formula is C16H21N3O3S3. The van der Waals surface area contributed by atoms with Crippen molar-refractivity contribution < 1.29 is 12.8 Å². The average molecular weight is 400 g/mol. The summed E-state index contributed by atoms with van der Waals surface area (Å²) in [4.78, 5) is 0.272. The molecule has 0 aliphatic carbocycles. The summed E-state index contributed by atoms with van der Waals surface area (Å²) in [6.07, 6.45) is 1.19. The van der Waals surface area contributed by atoms with E-state index >= 15 is 0 Å². The highest BCUT2D eigenvalue weighted by molar-refractivity contribution is 8.16. The zero-order chi connectivity index (χ0) is 18.2. The highest BCUT2D eigenvalue weighted by Gasteiger charge is 2.25. The molecule has 0 amide bonds. The number of benzene rings is 1. The van der Waals surface area contributed by atoms with Gasteiger partial charge in [0, 0.05) is 19.7 Å². The molecule has 3 rings (SSSR count). The summed E-state index contributed by atoms with van der Waals surface area (Å²) >= 11 is 3.61. The zero-order valence-corrected chi connectivity index (χ0v) is 17.1. The van der Waals surface area contributed by atoms with Crippen molar-refractivity contribution in [1.29, 1.82) is 0 Å². The fraction of sp³-hybridized carbons (Fsp3) is 0.500. The summed E-state index contributed by atoms with van der Waals surface area (Å²) in [6, 6.07) is 3.51. The Labute approximate surface area is 156 Å². The van der Waals surface area contributed by atoms with Crippen LogP contribution in [-0.4, -0.2) is 48.5 Å². The predicted octanol–water partition coefficient (Wildman–Crippen LogP) is 3.47. The van der Waals surface area contributed by atoms with Crippen LogP contribution >= 0.6 is 23.5 Å². The molecule has 0 unspecified atom stereocenters. The van der Waals surface area contributed by atoms with Gasteiger partial charge >= 0.3 is 0 Å². The van der Waals surface area contributed by atoms with Crippen LogP contribution in [0.3, 0.4) is 0 Å². The molecule has 2 aromatic rings. The number of hydrogen-bond acceptors (Lipinski definition) is 7. The van der Waals surface area contributed by atoms with Crippen molar-refractivity contribution in [2.45, 2.75) is 29.7 Å². The third-order valence-corrected chi connectivity index (χ3v) is 8.91. The largest absolute Gasteiger partial charge is 0.419 e. The van der Waals surface area contributed by atoms with E-state index in [0.717, 1.165) is 22.6 Å². The van der Waals surface area contributed by atoms with Crippen molar-refractivity contribution in [1.82, 2.24) is 14.5 Å². The minimum Gasteiger partial charge on any atom is -0.419 e. The first-order chi connectivity index (χ1) is 11.8. The molecule has 1 saturated heterocycles. The normalized spacial score (nSPS) is 16.5. The molecule has 9 heteroatoms. The maximum Gasteiger partial charge on any atom is 0.247 e. The molecule has 0 saturated carbocycles. The summed E-state index contributed by atoms with van der Waals surface area (Å²) < 4.78 is 32.4. The van der Waals surface area contributed by atoms with Crippen molar-refractivity contribution in [3.05, 3.63) is 29.2 Å². The second-order valence-electron chi connectivity index (χ2n) is 6.08. The van der Waals surface area contributed by atoms with Crippen LogP contribution in [-0.2, 0) is 10.0 Å². The molecule has 136 valence electrons. The van der Waals surface area contributed by atoms with Gasteiger partial charge in [-0.2, -0.15) is 0 Å². The van der Waals surface area contributed by atoms with E-state index in [1.54, 1.807) is 29.6 Å². The smallest absolute Gasteiger partial charge is 0.247 e. The number of hydrogen-bond donors (Lipinski definition) is 0. The lowest BCUT2D eigenvalue weighted by molar-refractivity contribution is 0.519. The van der Waals surface area contributed by atoms with Gasteiger partial charge < -0.3 is 4.42 Å². The van der Waals surface area contributed by atoms with E-state index in [1.165, 1.54) is 24.8 Å². The standard InChI is InChI=1S/C16H21N3O3S3/c1-10-8-12(9-13(11(10)2)25(20,21)19(3)4)14-17-18-15(22-14)16-23-6-5-7-24-16/h8-9,16H,5-7H2,1-4H3. The third-order valence-electron chi connectivity index (χ3n) is 4.09. The van der Waals surface area contributed by atoms with Gasteiger partial charge in [-0.05, 0) is 55.0 Å². The van der Waals surface area contributed by atoms with Crippen molar-refractivity contribution in [2.24, 2.45) is 0 Å². The number of nitrogens with zero attached hydrogens (tertiary/aromatic N) is 3. The van der Waals surface area contributed by atoms with Crippen LogP contribution in [0.25, 0.3) is 11.5 Å². The molecule has 6 nitrogen and oxygen atoms in total. The van der Waals surface area contributed by atoms with Gasteiger partial charge in [-0.1, -0.05) is 0 Å². The van der Waals surface area contributed by atoms with E-state index in [2.05, 4.69) is 10.2 Å². The Morgan fingerprint density at radius 2 is 1.84 bits per heavy atom. The topological polar surface area (TPSA) is 76.3 Å². The summed E-state index contributed by atoms with van der Waals surface area (Å²) in [5.41, 5.74) is 2.24. The molecule has 1 aliphatic heterocycles. The maximum atomic E-state index is 12.6. The summed E-state index contributed by atoms with van der Waals surface area (Å²) in [7, 11) is -0.485. The predicted molar refractivity (Wildman–Crippen MR) is 102 cm³/mol. The number of rotatable bonds is 4. The van der Waals surface area contributed by atoms with Crippen molar-refractivity contribution in [3.8, 4) is 11.5 Å². The number of sulfonamides is 1. The van der Waals surface area contributed by atoms with Gasteiger partial charge in [-0.3, -0.25) is 0 Å². The second kappa shape index (κ2) is 7.30. The Balaban J connectivity index is 2.01. The first kappa shape index (κ1) is 18.8. The molecule has 0 spiro atoms. The van der Waals surface area contributed by atoms with Crippen LogP contribution in [0.2, 0.25) is 0 Å². The summed E-state index contributed by atoms with van der Waals surface area (Å²) in [6.45, 7) is 3.70. The van der Waals surface area contributed by atoms with Crippen LogP contribution < -0.4 is 0 Å². The molecular weight excluding hydrogens is 378 g/mol. The Hall–Kier alpha value is -1.03. The summed E-state index contributed by atoms with van der Waals surface area (Å²) in [5.74, 6) is 3.13. The molecule has 1 aromatic heterocycles. The summed E-state index contributed by atoms with van der Waals surface area (Å²) in [5, 5.41) is 8.33. The fourth-order valence-corrected chi connectivity index (χ4v) is 6.38. The van der Waals surface area contributed by atoms with Gasteiger partial charge in [-0.25, -0.2) is 12.7 Å². The maximum absolute atomic E-state index is 12.6. The van der Waals surface area contributed by atoms with Crippen LogP contribution in [0, 0.1) is 13.8 Å². The average Bonchev–Trinajstić information content (AvgIpc) is 3.07. The van der Waals surface area contributed by atoms with Gasteiger partial charge in [-0.15, -0.1) is 33.7 Å². The third kappa shape index (κ3) is 3.74. The van der Waals surface area contributed by atoms with Crippen molar-refractivity contribution in [3.63, 3.8) is 0 Å². The Bertz CT molecular complexity index is 872. The minimum absolute atomic E-state index is 0.159. The van der Waals surface area contributed by atoms with Gasteiger partial charge in [0.2, 0.25) is 21.8 Å². The molecule has 0 radical (unpaired) electrons. The first-order valence-corrected chi connectivity index (χ1v) is 11.4. The van der Waals surface area contributed by atoms with Gasteiger partial charge in [0.25, 0.3) is 0 Å². The molecule has 0 atom stereocenters. The molecule has 2 heterocycles. The molecule has 0 N–H and O–H groups in total. The SMILES string of the molecule is Cc1cc(-c2nnc(C3SCCCS3)o2)cc(S(=O)(=O)N(C)C)c1C. The van der Waals surface area contributed by atoms with Crippen molar-refractivity contribution in [2.75, 3.05) is 25.6 Å². The molecule has 1 fully saturated rings. The lowest BCUT2D eigenvalue weighted by Gasteiger charge is -2.17. The Morgan fingerprint density at radius 1 is 1.16 bits per heavy atom. The Morgan fingerprint density at radius 3 is 2.48 bits per heavy atom. The van der Waals surface area contributed by atoms with Crippen molar-refractivity contribution >= 4 is 33.5 Å². The molecule has 25 heavy (non-hydrogen) atoms. The lowest BCUT2D eigenvalue weighted by Crippen LogP contribution is -2.23. The van der Waals surface area contributed by atoms with Crippen LogP contribution in [0.15, 0.2) is 21.4 Å². The van der Waals surface area contributed by atoms with Gasteiger partial charge in [0.1, 0.15) is 4.58 Å². The highest BCUT2D eigenvalue weighted by Crippen LogP contribution is 2.43. The molecule has 1 aliphatic rings. The second-order valence-corrected chi connectivity index (χ2v) is 10.9.